The Hall–Kier alpha value is -1.72. The van der Waals surface area contributed by atoms with Crippen LogP contribution in [0.3, 0.4) is 0 Å². The number of benzene rings is 1. The van der Waals surface area contributed by atoms with Crippen molar-refractivity contribution in [2.75, 3.05) is 0 Å². The molecule has 1 heterocycles. The van der Waals surface area contributed by atoms with Crippen molar-refractivity contribution in [3.8, 4) is 0 Å². The molecule has 0 saturated carbocycles. The Morgan fingerprint density at radius 3 is 2.82 bits per heavy atom. The van der Waals surface area contributed by atoms with Gasteiger partial charge in [0.1, 0.15) is 4.88 Å². The van der Waals surface area contributed by atoms with Gasteiger partial charge in [-0.3, -0.25) is 9.63 Å². The second-order valence-corrected chi connectivity index (χ2v) is 4.33. The molecule has 0 fully saturated rings. The molecule has 0 aliphatic carbocycles. The van der Waals surface area contributed by atoms with Crippen molar-refractivity contribution < 1.29 is 9.63 Å². The molecule has 0 atom stereocenters. The minimum Gasteiger partial charge on any atom is -0.269 e. The number of nitrogens with zero attached hydrogens (tertiary/aromatic N) is 1. The molecular formula is C12H12N2O2S. The predicted molar refractivity (Wildman–Crippen MR) is 65.5 cm³/mol. The molecule has 0 saturated heterocycles. The number of hydrogen-bond acceptors (Lipinski definition) is 4. The molecule has 2 aromatic rings. The van der Waals surface area contributed by atoms with Crippen molar-refractivity contribution >= 4 is 17.2 Å². The average Bonchev–Trinajstić information content (AvgIpc) is 2.77. The number of carbonyl (C=O) groups is 1. The molecule has 0 bridgehead atoms. The number of thiazole rings is 1. The number of hydroxylamine groups is 1. The minimum absolute atomic E-state index is 0.249. The summed E-state index contributed by atoms with van der Waals surface area (Å²) in [5.74, 6) is -0.249. The molecular weight excluding hydrogens is 236 g/mol. The molecule has 0 spiro atoms. The van der Waals surface area contributed by atoms with Crippen LogP contribution in [0, 0.1) is 6.92 Å². The number of nitrogens with one attached hydrogen (secondary N) is 1. The van der Waals surface area contributed by atoms with Crippen molar-refractivity contribution in [2.24, 2.45) is 0 Å². The standard InChI is InChI=1S/C12H12N2O2S/c1-9-11(17-8-13-9)12(15)14-16-7-10-5-3-2-4-6-10/h2-6,8H,7H2,1H3,(H,14,15). The van der Waals surface area contributed by atoms with Crippen molar-refractivity contribution in [3.05, 3.63) is 52.0 Å². The van der Waals surface area contributed by atoms with Gasteiger partial charge < -0.3 is 0 Å². The molecule has 5 heteroatoms. The Kier molecular flexibility index (Phi) is 3.85. The number of amides is 1. The lowest BCUT2D eigenvalue weighted by Gasteiger charge is -2.04. The second-order valence-electron chi connectivity index (χ2n) is 3.47. The number of hydrogen-bond donors (Lipinski definition) is 1. The highest BCUT2D eigenvalue weighted by molar-refractivity contribution is 7.11. The second kappa shape index (κ2) is 5.56. The first-order valence-electron chi connectivity index (χ1n) is 5.13. The summed E-state index contributed by atoms with van der Waals surface area (Å²) in [6, 6.07) is 9.65. The molecule has 1 N–H and O–H groups in total. The normalized spacial score (nSPS) is 10.2. The Balaban J connectivity index is 1.84. The van der Waals surface area contributed by atoms with E-state index in [9.17, 15) is 4.79 Å². The summed E-state index contributed by atoms with van der Waals surface area (Å²) in [6.07, 6.45) is 0. The summed E-state index contributed by atoms with van der Waals surface area (Å²) in [5.41, 5.74) is 5.77. The zero-order valence-electron chi connectivity index (χ0n) is 9.34. The van der Waals surface area contributed by atoms with Crippen molar-refractivity contribution in [2.45, 2.75) is 13.5 Å². The van der Waals surface area contributed by atoms with Crippen molar-refractivity contribution in [3.63, 3.8) is 0 Å². The van der Waals surface area contributed by atoms with Crippen LogP contribution in [0.2, 0.25) is 0 Å². The number of aromatic nitrogens is 1. The Morgan fingerprint density at radius 2 is 2.18 bits per heavy atom. The molecule has 0 aliphatic rings. The third kappa shape index (κ3) is 3.12. The van der Waals surface area contributed by atoms with E-state index in [-0.39, 0.29) is 5.91 Å². The Bertz CT molecular complexity index is 496. The van der Waals surface area contributed by atoms with Gasteiger partial charge in [0.2, 0.25) is 0 Å². The fourth-order valence-corrected chi connectivity index (χ4v) is 2.01. The maximum absolute atomic E-state index is 11.7. The van der Waals surface area contributed by atoms with E-state index >= 15 is 0 Å². The zero-order chi connectivity index (χ0) is 12.1. The van der Waals surface area contributed by atoms with E-state index in [1.165, 1.54) is 11.3 Å². The molecule has 1 aromatic heterocycles. The SMILES string of the molecule is Cc1ncsc1C(=O)NOCc1ccccc1. The number of carbonyl (C=O) groups excluding carboxylic acids is 1. The Morgan fingerprint density at radius 1 is 1.41 bits per heavy atom. The maximum atomic E-state index is 11.7. The van der Waals surface area contributed by atoms with Crippen LogP contribution in [0.1, 0.15) is 20.9 Å². The van der Waals surface area contributed by atoms with Crippen LogP contribution in [0.4, 0.5) is 0 Å². The van der Waals surface area contributed by atoms with Gasteiger partial charge in [-0.25, -0.2) is 10.5 Å². The molecule has 0 aliphatic heterocycles. The topological polar surface area (TPSA) is 51.2 Å². The van der Waals surface area contributed by atoms with E-state index < -0.39 is 0 Å². The van der Waals surface area contributed by atoms with Crippen LogP contribution < -0.4 is 5.48 Å². The van der Waals surface area contributed by atoms with Gasteiger partial charge >= 0.3 is 0 Å². The van der Waals surface area contributed by atoms with Gasteiger partial charge in [0.25, 0.3) is 5.91 Å². The lowest BCUT2D eigenvalue weighted by molar-refractivity contribution is 0.0236. The van der Waals surface area contributed by atoms with Crippen LogP contribution in [-0.2, 0) is 11.4 Å². The zero-order valence-corrected chi connectivity index (χ0v) is 10.2. The first kappa shape index (κ1) is 11.8. The third-order valence-corrected chi connectivity index (χ3v) is 3.13. The first-order valence-corrected chi connectivity index (χ1v) is 6.01. The molecule has 0 unspecified atom stereocenters. The lowest BCUT2D eigenvalue weighted by atomic mass is 10.2. The van der Waals surface area contributed by atoms with E-state index in [2.05, 4.69) is 10.5 Å². The Labute approximate surface area is 103 Å². The summed E-state index contributed by atoms with van der Waals surface area (Å²) < 4.78 is 0. The van der Waals surface area contributed by atoms with Crippen molar-refractivity contribution in [1.82, 2.24) is 10.5 Å². The summed E-state index contributed by atoms with van der Waals surface area (Å²) in [4.78, 5) is 21.4. The fraction of sp³-hybridized carbons (Fsp3) is 0.167. The van der Waals surface area contributed by atoms with Crippen LogP contribution in [0.5, 0.6) is 0 Å². The summed E-state index contributed by atoms with van der Waals surface area (Å²) in [5, 5.41) is 0. The van der Waals surface area contributed by atoms with Gasteiger partial charge in [-0.15, -0.1) is 11.3 Å². The molecule has 88 valence electrons. The van der Waals surface area contributed by atoms with Gasteiger partial charge in [-0.05, 0) is 12.5 Å². The summed E-state index contributed by atoms with van der Waals surface area (Å²) >= 11 is 1.30. The van der Waals surface area contributed by atoms with Crippen LogP contribution >= 0.6 is 11.3 Å². The highest BCUT2D eigenvalue weighted by Crippen LogP contribution is 2.11. The summed E-state index contributed by atoms with van der Waals surface area (Å²) in [7, 11) is 0. The van der Waals surface area contributed by atoms with Gasteiger partial charge in [-0.1, -0.05) is 30.3 Å². The van der Waals surface area contributed by atoms with Crippen LogP contribution in [-0.4, -0.2) is 10.9 Å². The minimum atomic E-state index is -0.249. The average molecular weight is 248 g/mol. The van der Waals surface area contributed by atoms with Crippen LogP contribution in [0.25, 0.3) is 0 Å². The van der Waals surface area contributed by atoms with E-state index in [0.717, 1.165) is 11.3 Å². The van der Waals surface area contributed by atoms with Crippen molar-refractivity contribution in [1.29, 1.82) is 0 Å². The third-order valence-electron chi connectivity index (χ3n) is 2.20. The number of aryl methyl sites for hydroxylation is 1. The van der Waals surface area contributed by atoms with Gasteiger partial charge in [0.15, 0.2) is 0 Å². The first-order chi connectivity index (χ1) is 8.27. The number of rotatable bonds is 4. The van der Waals surface area contributed by atoms with Gasteiger partial charge in [0.05, 0.1) is 17.8 Å². The smallest absolute Gasteiger partial charge is 0.269 e. The summed E-state index contributed by atoms with van der Waals surface area (Å²) in [6.45, 7) is 2.15. The van der Waals surface area contributed by atoms with Gasteiger partial charge in [-0.2, -0.15) is 0 Å². The van der Waals surface area contributed by atoms with E-state index in [4.69, 9.17) is 4.84 Å². The van der Waals surface area contributed by atoms with E-state index in [0.29, 0.717) is 11.5 Å². The molecule has 17 heavy (non-hydrogen) atoms. The molecule has 1 aromatic carbocycles. The lowest BCUT2D eigenvalue weighted by Crippen LogP contribution is -2.23. The van der Waals surface area contributed by atoms with E-state index in [1.807, 2.05) is 30.3 Å². The van der Waals surface area contributed by atoms with Crippen LogP contribution in [0.15, 0.2) is 35.8 Å². The molecule has 1 amide bonds. The van der Waals surface area contributed by atoms with E-state index in [1.54, 1.807) is 12.4 Å². The molecule has 0 radical (unpaired) electrons. The van der Waals surface area contributed by atoms with Gasteiger partial charge in [0, 0.05) is 0 Å². The largest absolute Gasteiger partial charge is 0.286 e. The molecule has 2 rings (SSSR count). The quantitative estimate of drug-likeness (QED) is 0.845. The maximum Gasteiger partial charge on any atom is 0.286 e. The predicted octanol–water partition coefficient (Wildman–Crippen LogP) is 2.31. The monoisotopic (exact) mass is 248 g/mol. The highest BCUT2D eigenvalue weighted by Gasteiger charge is 2.11. The highest BCUT2D eigenvalue weighted by atomic mass is 32.1. The fourth-order valence-electron chi connectivity index (χ4n) is 1.33. The molecule has 4 nitrogen and oxygen atoms in total.